The first-order chi connectivity index (χ1) is 13.2. The fourth-order valence-electron chi connectivity index (χ4n) is 3.15. The highest BCUT2D eigenvalue weighted by molar-refractivity contribution is 14.0. The Morgan fingerprint density at radius 3 is 2.79 bits per heavy atom. The molecule has 28 heavy (non-hydrogen) atoms. The van der Waals surface area contributed by atoms with Crippen molar-refractivity contribution in [3.63, 3.8) is 0 Å². The molecule has 1 saturated heterocycles. The van der Waals surface area contributed by atoms with Crippen LogP contribution < -0.4 is 21.3 Å². The third kappa shape index (κ3) is 7.78. The van der Waals surface area contributed by atoms with Crippen LogP contribution in [-0.4, -0.2) is 56.7 Å². The summed E-state index contributed by atoms with van der Waals surface area (Å²) in [6.07, 6.45) is 4.30. The lowest BCUT2D eigenvalue weighted by molar-refractivity contribution is -0.122. The number of amides is 1. The van der Waals surface area contributed by atoms with Gasteiger partial charge in [0.2, 0.25) is 5.91 Å². The second-order valence-corrected chi connectivity index (χ2v) is 6.55. The van der Waals surface area contributed by atoms with Gasteiger partial charge in [0.05, 0.1) is 0 Å². The predicted octanol–water partition coefficient (Wildman–Crippen LogP) is 1.49. The number of primary amides is 1. The number of carbonyl (C=O) groups excluding carboxylic acids is 1. The molecule has 0 aliphatic carbocycles. The third-order valence-electron chi connectivity index (χ3n) is 4.70. The number of pyridine rings is 1. The number of rotatable bonds is 9. The number of aromatic nitrogens is 1. The Kier molecular flexibility index (Phi) is 11.8. The fourth-order valence-corrected chi connectivity index (χ4v) is 3.15. The van der Waals surface area contributed by atoms with Crippen molar-refractivity contribution in [2.45, 2.75) is 32.7 Å². The van der Waals surface area contributed by atoms with Gasteiger partial charge < -0.3 is 26.0 Å². The minimum atomic E-state index is -0.197. The topological polar surface area (TPSA) is 105 Å². The number of halogens is 1. The average Bonchev–Trinajstić information content (AvgIpc) is 2.70. The number of nitrogens with two attached hydrogens (primary N) is 1. The van der Waals surface area contributed by atoms with Gasteiger partial charge >= 0.3 is 0 Å². The number of nitrogens with zero attached hydrogens (tertiary/aromatic N) is 3. The van der Waals surface area contributed by atoms with Crippen LogP contribution >= 0.6 is 24.0 Å². The first-order valence-electron chi connectivity index (χ1n) is 9.66. The molecule has 1 aliphatic heterocycles. The van der Waals surface area contributed by atoms with Crippen LogP contribution in [-0.2, 0) is 16.1 Å². The van der Waals surface area contributed by atoms with Crippen LogP contribution in [0.1, 0.15) is 31.7 Å². The Bertz CT molecular complexity index is 620. The van der Waals surface area contributed by atoms with E-state index in [1.807, 2.05) is 13.0 Å². The number of hydrogen-bond acceptors (Lipinski definition) is 5. The molecule has 8 nitrogen and oxygen atoms in total. The summed E-state index contributed by atoms with van der Waals surface area (Å²) in [5.74, 6) is 1.50. The summed E-state index contributed by atoms with van der Waals surface area (Å²) in [7, 11) is 1.76. The van der Waals surface area contributed by atoms with E-state index in [1.165, 1.54) is 0 Å². The lowest BCUT2D eigenvalue weighted by Crippen LogP contribution is -2.40. The maximum atomic E-state index is 11.4. The number of carbonyl (C=O) groups is 1. The maximum absolute atomic E-state index is 11.4. The summed E-state index contributed by atoms with van der Waals surface area (Å²) >= 11 is 0. The van der Waals surface area contributed by atoms with Gasteiger partial charge in [-0.3, -0.25) is 9.79 Å². The quantitative estimate of drug-likeness (QED) is 0.204. The van der Waals surface area contributed by atoms with Crippen LogP contribution in [0.5, 0.6) is 0 Å². The van der Waals surface area contributed by atoms with Gasteiger partial charge in [0.25, 0.3) is 0 Å². The number of aliphatic imine (C=N–C) groups is 1. The van der Waals surface area contributed by atoms with Crippen LogP contribution in [0.2, 0.25) is 0 Å². The molecule has 0 atom stereocenters. The molecule has 0 unspecified atom stereocenters. The van der Waals surface area contributed by atoms with Crippen molar-refractivity contribution in [2.24, 2.45) is 16.6 Å². The van der Waals surface area contributed by atoms with Crippen molar-refractivity contribution < 1.29 is 9.53 Å². The molecular weight excluding hydrogens is 471 g/mol. The van der Waals surface area contributed by atoms with Gasteiger partial charge in [0.15, 0.2) is 5.96 Å². The molecule has 0 radical (unpaired) electrons. The van der Waals surface area contributed by atoms with E-state index in [2.05, 4.69) is 31.6 Å². The van der Waals surface area contributed by atoms with Crippen molar-refractivity contribution in [3.05, 3.63) is 23.9 Å². The molecular formula is C19H33IN6O2. The van der Waals surface area contributed by atoms with Gasteiger partial charge in [-0.15, -0.1) is 24.0 Å². The van der Waals surface area contributed by atoms with Crippen molar-refractivity contribution >= 4 is 41.7 Å². The predicted molar refractivity (Wildman–Crippen MR) is 123 cm³/mol. The largest absolute Gasteiger partial charge is 0.382 e. The van der Waals surface area contributed by atoms with Gasteiger partial charge in [0.1, 0.15) is 5.82 Å². The zero-order chi connectivity index (χ0) is 19.5. The zero-order valence-corrected chi connectivity index (χ0v) is 19.1. The molecule has 1 aromatic heterocycles. The van der Waals surface area contributed by atoms with Gasteiger partial charge in [0, 0.05) is 64.1 Å². The molecule has 1 fully saturated rings. The normalized spacial score (nSPS) is 15.1. The molecule has 1 aromatic rings. The Labute approximate surface area is 184 Å². The molecule has 0 aromatic carbocycles. The van der Waals surface area contributed by atoms with E-state index in [0.29, 0.717) is 6.54 Å². The van der Waals surface area contributed by atoms with E-state index < -0.39 is 0 Å². The number of guanidine groups is 1. The molecule has 2 heterocycles. The molecule has 158 valence electrons. The highest BCUT2D eigenvalue weighted by Crippen LogP contribution is 2.24. The molecule has 0 spiro atoms. The first kappa shape index (κ1) is 24.4. The Morgan fingerprint density at radius 2 is 2.14 bits per heavy atom. The Morgan fingerprint density at radius 1 is 1.39 bits per heavy atom. The minimum Gasteiger partial charge on any atom is -0.382 e. The molecule has 9 heteroatoms. The standard InChI is InChI=1S/C19H32N6O2.HI/c1-3-27-13-5-10-23-19(21-2)24-14-16-6-4-9-22-18(16)25-11-7-15(8-12-25)17(20)26;/h4,6,9,15H,3,5,7-8,10-14H2,1-2H3,(H2,20,26)(H2,21,23,24);1H. The van der Waals surface area contributed by atoms with E-state index in [0.717, 1.165) is 69.5 Å². The monoisotopic (exact) mass is 504 g/mol. The maximum Gasteiger partial charge on any atom is 0.220 e. The van der Waals surface area contributed by atoms with E-state index in [1.54, 1.807) is 13.2 Å². The molecule has 1 amide bonds. The number of anilines is 1. The van der Waals surface area contributed by atoms with Crippen molar-refractivity contribution in [3.8, 4) is 0 Å². The lowest BCUT2D eigenvalue weighted by atomic mass is 9.96. The molecule has 4 N–H and O–H groups in total. The lowest BCUT2D eigenvalue weighted by Gasteiger charge is -2.32. The number of piperidine rings is 1. The van der Waals surface area contributed by atoms with Crippen molar-refractivity contribution in [1.82, 2.24) is 15.6 Å². The average molecular weight is 504 g/mol. The van der Waals surface area contributed by atoms with Crippen molar-refractivity contribution in [1.29, 1.82) is 0 Å². The smallest absolute Gasteiger partial charge is 0.220 e. The van der Waals surface area contributed by atoms with Gasteiger partial charge in [-0.25, -0.2) is 4.98 Å². The van der Waals surface area contributed by atoms with E-state index >= 15 is 0 Å². The summed E-state index contributed by atoms with van der Waals surface area (Å²) in [4.78, 5) is 22.4. The molecule has 0 bridgehead atoms. The van der Waals surface area contributed by atoms with Gasteiger partial charge in [-0.2, -0.15) is 0 Å². The third-order valence-corrected chi connectivity index (χ3v) is 4.70. The van der Waals surface area contributed by atoms with Crippen LogP contribution in [0.4, 0.5) is 5.82 Å². The number of ether oxygens (including phenoxy) is 1. The Balaban J connectivity index is 0.00000392. The SMILES string of the molecule is CCOCCCNC(=NC)NCc1cccnc1N1CCC(C(N)=O)CC1.I. The number of nitrogens with one attached hydrogen (secondary N) is 2. The van der Waals surface area contributed by atoms with Crippen LogP contribution in [0.3, 0.4) is 0 Å². The van der Waals surface area contributed by atoms with Crippen LogP contribution in [0.25, 0.3) is 0 Å². The highest BCUT2D eigenvalue weighted by Gasteiger charge is 2.24. The summed E-state index contributed by atoms with van der Waals surface area (Å²) in [6.45, 7) is 6.51. The minimum absolute atomic E-state index is 0. The highest BCUT2D eigenvalue weighted by atomic mass is 127. The summed E-state index contributed by atoms with van der Waals surface area (Å²) in [5.41, 5.74) is 6.54. The zero-order valence-electron chi connectivity index (χ0n) is 16.8. The number of hydrogen-bond donors (Lipinski definition) is 3. The molecule has 2 rings (SSSR count). The Hall–Kier alpha value is -1.62. The van der Waals surface area contributed by atoms with Crippen molar-refractivity contribution in [2.75, 3.05) is 44.8 Å². The first-order valence-corrected chi connectivity index (χ1v) is 9.66. The second kappa shape index (κ2) is 13.5. The summed E-state index contributed by atoms with van der Waals surface area (Å²) < 4.78 is 5.34. The van der Waals surface area contributed by atoms with Gasteiger partial charge in [-0.05, 0) is 32.3 Å². The van der Waals surface area contributed by atoms with E-state index in [-0.39, 0.29) is 35.8 Å². The summed E-state index contributed by atoms with van der Waals surface area (Å²) in [6, 6.07) is 4.01. The molecule has 1 aliphatic rings. The van der Waals surface area contributed by atoms with E-state index in [9.17, 15) is 4.79 Å². The second-order valence-electron chi connectivity index (χ2n) is 6.55. The van der Waals surface area contributed by atoms with E-state index in [4.69, 9.17) is 10.5 Å². The van der Waals surface area contributed by atoms with Gasteiger partial charge in [-0.1, -0.05) is 6.07 Å². The van der Waals surface area contributed by atoms with Crippen LogP contribution in [0, 0.1) is 5.92 Å². The molecule has 0 saturated carbocycles. The fraction of sp³-hybridized carbons (Fsp3) is 0.632. The van der Waals surface area contributed by atoms with Crippen LogP contribution in [0.15, 0.2) is 23.3 Å². The summed E-state index contributed by atoms with van der Waals surface area (Å²) in [5, 5.41) is 6.63.